The van der Waals surface area contributed by atoms with Crippen LogP contribution in [0.1, 0.15) is 42.1 Å². The Hall–Kier alpha value is -1.23. The maximum Gasteiger partial charge on any atom is 0.0676 e. The van der Waals surface area contributed by atoms with Gasteiger partial charge >= 0.3 is 0 Å². The van der Waals surface area contributed by atoms with E-state index in [1.54, 1.807) is 0 Å². The standard InChI is InChI=1S/C16H21N3S/c1-11(17)16(14-5-3-4-8-18-14)19-9-6-15-13(12(19)2)7-10-20-15/h3-5,7-8,10-12,16H,6,9,17H2,1-2H3. The van der Waals surface area contributed by atoms with E-state index in [2.05, 4.69) is 41.2 Å². The molecule has 106 valence electrons. The monoisotopic (exact) mass is 287 g/mol. The Bertz CT molecular complexity index is 564. The second-order valence-electron chi connectivity index (χ2n) is 5.52. The molecule has 0 radical (unpaired) electrons. The summed E-state index contributed by atoms with van der Waals surface area (Å²) < 4.78 is 0. The molecule has 0 aliphatic carbocycles. The van der Waals surface area contributed by atoms with Crippen LogP contribution in [0, 0.1) is 0 Å². The number of aromatic nitrogens is 1. The lowest BCUT2D eigenvalue weighted by molar-refractivity contribution is 0.116. The molecule has 3 unspecified atom stereocenters. The summed E-state index contributed by atoms with van der Waals surface area (Å²) in [7, 11) is 0. The van der Waals surface area contributed by atoms with Gasteiger partial charge in [0.2, 0.25) is 0 Å². The van der Waals surface area contributed by atoms with Gasteiger partial charge in [-0.25, -0.2) is 0 Å². The third-order valence-electron chi connectivity index (χ3n) is 4.17. The zero-order chi connectivity index (χ0) is 14.1. The number of hydrogen-bond donors (Lipinski definition) is 1. The van der Waals surface area contributed by atoms with Crippen LogP contribution in [-0.4, -0.2) is 22.5 Å². The van der Waals surface area contributed by atoms with Crippen molar-refractivity contribution in [3.8, 4) is 0 Å². The number of nitrogens with zero attached hydrogens (tertiary/aromatic N) is 2. The molecule has 2 aromatic rings. The molecule has 4 heteroatoms. The molecule has 1 aliphatic rings. The van der Waals surface area contributed by atoms with Crippen LogP contribution in [0.15, 0.2) is 35.8 Å². The maximum absolute atomic E-state index is 6.28. The van der Waals surface area contributed by atoms with Gasteiger partial charge in [0.1, 0.15) is 0 Å². The normalized spacial score (nSPS) is 22.2. The molecule has 2 N–H and O–H groups in total. The van der Waals surface area contributed by atoms with Crippen molar-refractivity contribution in [3.05, 3.63) is 52.0 Å². The largest absolute Gasteiger partial charge is 0.326 e. The Morgan fingerprint density at radius 1 is 1.40 bits per heavy atom. The van der Waals surface area contributed by atoms with Gasteiger partial charge in [-0.05, 0) is 49.4 Å². The summed E-state index contributed by atoms with van der Waals surface area (Å²) in [4.78, 5) is 8.56. The number of nitrogens with two attached hydrogens (primary N) is 1. The third-order valence-corrected chi connectivity index (χ3v) is 5.17. The first-order valence-electron chi connectivity index (χ1n) is 7.17. The van der Waals surface area contributed by atoms with Gasteiger partial charge in [-0.3, -0.25) is 9.88 Å². The van der Waals surface area contributed by atoms with Gasteiger partial charge in [0.05, 0.1) is 11.7 Å². The van der Waals surface area contributed by atoms with Crippen LogP contribution in [0.3, 0.4) is 0 Å². The fourth-order valence-electron chi connectivity index (χ4n) is 3.20. The lowest BCUT2D eigenvalue weighted by Crippen LogP contribution is -2.44. The van der Waals surface area contributed by atoms with E-state index in [-0.39, 0.29) is 12.1 Å². The molecule has 3 atom stereocenters. The van der Waals surface area contributed by atoms with Crippen LogP contribution in [0.2, 0.25) is 0 Å². The molecule has 3 heterocycles. The molecule has 3 rings (SSSR count). The summed E-state index contributed by atoms with van der Waals surface area (Å²) in [5.41, 5.74) is 8.82. The Balaban J connectivity index is 1.94. The molecule has 0 spiro atoms. The van der Waals surface area contributed by atoms with Gasteiger partial charge in [-0.15, -0.1) is 11.3 Å². The highest BCUT2D eigenvalue weighted by atomic mass is 32.1. The number of pyridine rings is 1. The van der Waals surface area contributed by atoms with Crippen molar-refractivity contribution in [2.45, 2.75) is 38.4 Å². The Morgan fingerprint density at radius 3 is 2.95 bits per heavy atom. The van der Waals surface area contributed by atoms with Crippen molar-refractivity contribution in [1.82, 2.24) is 9.88 Å². The Labute approximate surface area is 124 Å². The van der Waals surface area contributed by atoms with Crippen LogP contribution in [0.4, 0.5) is 0 Å². The van der Waals surface area contributed by atoms with E-state index < -0.39 is 0 Å². The van der Waals surface area contributed by atoms with Gasteiger partial charge in [0.25, 0.3) is 0 Å². The maximum atomic E-state index is 6.28. The average Bonchev–Trinajstić information content (AvgIpc) is 2.92. The predicted octanol–water partition coefficient (Wildman–Crippen LogP) is 3.15. The smallest absolute Gasteiger partial charge is 0.0676 e. The molecule has 0 saturated heterocycles. The summed E-state index contributed by atoms with van der Waals surface area (Å²) in [5, 5.41) is 2.20. The predicted molar refractivity (Wildman–Crippen MR) is 83.8 cm³/mol. The molecular weight excluding hydrogens is 266 g/mol. The lowest BCUT2D eigenvalue weighted by Gasteiger charge is -2.41. The quantitative estimate of drug-likeness (QED) is 0.943. The highest BCUT2D eigenvalue weighted by molar-refractivity contribution is 7.10. The van der Waals surface area contributed by atoms with Crippen molar-refractivity contribution in [2.24, 2.45) is 5.73 Å². The van der Waals surface area contributed by atoms with Gasteiger partial charge in [0.15, 0.2) is 0 Å². The SMILES string of the molecule is CC(N)C(c1ccccn1)N1CCc2sccc2C1C. The van der Waals surface area contributed by atoms with Crippen LogP contribution in [0.25, 0.3) is 0 Å². The van der Waals surface area contributed by atoms with Gasteiger partial charge in [-0.2, -0.15) is 0 Å². The first kappa shape index (κ1) is 13.7. The number of fused-ring (bicyclic) bond motifs is 1. The average molecular weight is 287 g/mol. The second kappa shape index (κ2) is 5.64. The van der Waals surface area contributed by atoms with E-state index in [0.717, 1.165) is 18.7 Å². The zero-order valence-corrected chi connectivity index (χ0v) is 12.8. The molecule has 0 aromatic carbocycles. The van der Waals surface area contributed by atoms with E-state index in [1.807, 2.05) is 29.7 Å². The molecule has 2 aromatic heterocycles. The van der Waals surface area contributed by atoms with Crippen LogP contribution < -0.4 is 5.73 Å². The topological polar surface area (TPSA) is 42.1 Å². The summed E-state index contributed by atoms with van der Waals surface area (Å²) in [6, 6.07) is 8.99. The summed E-state index contributed by atoms with van der Waals surface area (Å²) in [6.07, 6.45) is 2.97. The number of thiophene rings is 1. The van der Waals surface area contributed by atoms with E-state index >= 15 is 0 Å². The fraction of sp³-hybridized carbons (Fsp3) is 0.438. The summed E-state index contributed by atoms with van der Waals surface area (Å²) in [6.45, 7) is 5.41. The molecule has 3 nitrogen and oxygen atoms in total. The molecule has 0 saturated carbocycles. The van der Waals surface area contributed by atoms with Crippen LogP contribution in [-0.2, 0) is 6.42 Å². The van der Waals surface area contributed by atoms with Crippen LogP contribution >= 0.6 is 11.3 Å². The van der Waals surface area contributed by atoms with E-state index in [0.29, 0.717) is 6.04 Å². The number of rotatable bonds is 3. The molecule has 0 bridgehead atoms. The Kier molecular flexibility index (Phi) is 3.87. The minimum atomic E-state index is 0.0625. The van der Waals surface area contributed by atoms with E-state index in [9.17, 15) is 0 Å². The van der Waals surface area contributed by atoms with Gasteiger partial charge in [-0.1, -0.05) is 6.07 Å². The first-order chi connectivity index (χ1) is 9.68. The van der Waals surface area contributed by atoms with E-state index in [4.69, 9.17) is 5.73 Å². The minimum Gasteiger partial charge on any atom is -0.326 e. The van der Waals surface area contributed by atoms with Crippen molar-refractivity contribution in [2.75, 3.05) is 6.54 Å². The summed E-state index contributed by atoms with van der Waals surface area (Å²) >= 11 is 1.87. The van der Waals surface area contributed by atoms with Crippen molar-refractivity contribution in [3.63, 3.8) is 0 Å². The van der Waals surface area contributed by atoms with Crippen molar-refractivity contribution >= 4 is 11.3 Å². The number of hydrogen-bond acceptors (Lipinski definition) is 4. The molecular formula is C16H21N3S. The van der Waals surface area contributed by atoms with Crippen molar-refractivity contribution in [1.29, 1.82) is 0 Å². The van der Waals surface area contributed by atoms with Crippen molar-refractivity contribution < 1.29 is 0 Å². The Morgan fingerprint density at radius 2 is 2.25 bits per heavy atom. The second-order valence-corrected chi connectivity index (χ2v) is 6.52. The lowest BCUT2D eigenvalue weighted by atomic mass is 9.95. The molecule has 1 aliphatic heterocycles. The van der Waals surface area contributed by atoms with Crippen LogP contribution in [0.5, 0.6) is 0 Å². The zero-order valence-electron chi connectivity index (χ0n) is 12.0. The van der Waals surface area contributed by atoms with E-state index in [1.165, 1.54) is 10.4 Å². The fourth-order valence-corrected chi connectivity index (χ4v) is 4.16. The summed E-state index contributed by atoms with van der Waals surface area (Å²) in [5.74, 6) is 0. The molecule has 20 heavy (non-hydrogen) atoms. The first-order valence-corrected chi connectivity index (χ1v) is 8.05. The minimum absolute atomic E-state index is 0.0625. The highest BCUT2D eigenvalue weighted by Gasteiger charge is 2.33. The van der Waals surface area contributed by atoms with Gasteiger partial charge < -0.3 is 5.73 Å². The van der Waals surface area contributed by atoms with Gasteiger partial charge in [0, 0.05) is 29.7 Å². The third kappa shape index (κ3) is 2.39. The molecule has 0 fully saturated rings. The highest BCUT2D eigenvalue weighted by Crippen LogP contribution is 2.38. The molecule has 0 amide bonds.